The van der Waals surface area contributed by atoms with E-state index in [0.29, 0.717) is 6.42 Å². The first-order chi connectivity index (χ1) is 8.13. The molecule has 1 heterocycles. The molecule has 2 rings (SSSR count). The molecule has 0 radical (unpaired) electrons. The van der Waals surface area contributed by atoms with E-state index in [0.717, 1.165) is 28.6 Å². The molecule has 0 amide bonds. The van der Waals surface area contributed by atoms with E-state index in [-0.39, 0.29) is 12.4 Å². The first kappa shape index (κ1) is 11.9. The van der Waals surface area contributed by atoms with E-state index >= 15 is 0 Å². The number of aryl methyl sites for hydroxylation is 2. The summed E-state index contributed by atoms with van der Waals surface area (Å²) in [5.41, 5.74) is 2.98. The van der Waals surface area contributed by atoms with Gasteiger partial charge >= 0.3 is 0 Å². The molecule has 0 unspecified atom stereocenters. The lowest BCUT2D eigenvalue weighted by atomic mass is 10.1. The van der Waals surface area contributed by atoms with Crippen LogP contribution in [0.2, 0.25) is 0 Å². The summed E-state index contributed by atoms with van der Waals surface area (Å²) < 4.78 is 2.04. The Bertz CT molecular complexity index is 555. The highest BCUT2D eigenvalue weighted by Gasteiger charge is 2.11. The summed E-state index contributed by atoms with van der Waals surface area (Å²) in [5, 5.41) is 9.89. The summed E-state index contributed by atoms with van der Waals surface area (Å²) in [4.78, 5) is 11.6. The van der Waals surface area contributed by atoms with E-state index in [4.69, 9.17) is 5.11 Å². The van der Waals surface area contributed by atoms with E-state index in [1.165, 1.54) is 0 Å². The van der Waals surface area contributed by atoms with Crippen LogP contribution in [0.15, 0.2) is 24.4 Å². The molecule has 3 nitrogen and oxygen atoms in total. The van der Waals surface area contributed by atoms with Gasteiger partial charge in [-0.05, 0) is 32.4 Å². The summed E-state index contributed by atoms with van der Waals surface area (Å²) in [6.07, 6.45) is 2.59. The van der Waals surface area contributed by atoms with Crippen molar-refractivity contribution in [3.63, 3.8) is 0 Å². The van der Waals surface area contributed by atoms with Gasteiger partial charge in [0, 0.05) is 35.8 Å². The summed E-state index contributed by atoms with van der Waals surface area (Å²) in [5.74, 6) is 0.0864. The number of Topliss-reactive ketones (excluding diaryl/α,β-unsaturated/α-hetero) is 1. The third-order valence-corrected chi connectivity index (χ3v) is 2.97. The monoisotopic (exact) mass is 231 g/mol. The van der Waals surface area contributed by atoms with E-state index in [2.05, 4.69) is 0 Å². The number of hydrogen-bond acceptors (Lipinski definition) is 2. The van der Waals surface area contributed by atoms with Crippen LogP contribution in [0.1, 0.15) is 29.3 Å². The van der Waals surface area contributed by atoms with Crippen LogP contribution in [0.4, 0.5) is 0 Å². The van der Waals surface area contributed by atoms with Gasteiger partial charge in [0.2, 0.25) is 0 Å². The second kappa shape index (κ2) is 4.72. The molecule has 0 aliphatic rings. The SMILES string of the molecule is CC(=O)c1cn(CCCO)c2ccc(C)cc12. The highest BCUT2D eigenvalue weighted by Crippen LogP contribution is 2.23. The lowest BCUT2D eigenvalue weighted by molar-refractivity contribution is 0.101. The van der Waals surface area contributed by atoms with E-state index in [9.17, 15) is 4.79 Å². The fourth-order valence-corrected chi connectivity index (χ4v) is 2.12. The molecular formula is C14H17NO2. The average molecular weight is 231 g/mol. The highest BCUT2D eigenvalue weighted by atomic mass is 16.3. The van der Waals surface area contributed by atoms with Crippen molar-refractivity contribution in [2.75, 3.05) is 6.61 Å². The minimum absolute atomic E-state index is 0.0864. The Morgan fingerprint density at radius 1 is 1.41 bits per heavy atom. The van der Waals surface area contributed by atoms with Crippen LogP contribution in [0.3, 0.4) is 0 Å². The number of carbonyl (C=O) groups is 1. The average Bonchev–Trinajstić information content (AvgIpc) is 2.64. The zero-order chi connectivity index (χ0) is 12.4. The predicted molar refractivity (Wildman–Crippen MR) is 68.4 cm³/mol. The normalized spacial score (nSPS) is 11.0. The standard InChI is InChI=1S/C14H17NO2/c1-10-4-5-14-12(8-10)13(11(2)17)9-15(14)6-3-7-16/h4-5,8-9,16H,3,6-7H2,1-2H3. The zero-order valence-electron chi connectivity index (χ0n) is 10.2. The van der Waals surface area contributed by atoms with E-state index < -0.39 is 0 Å². The van der Waals surface area contributed by atoms with Crippen molar-refractivity contribution in [1.29, 1.82) is 0 Å². The molecule has 1 aromatic carbocycles. The van der Waals surface area contributed by atoms with Gasteiger partial charge in [-0.2, -0.15) is 0 Å². The second-order valence-corrected chi connectivity index (χ2v) is 4.39. The molecular weight excluding hydrogens is 214 g/mol. The molecule has 1 aromatic heterocycles. The molecule has 0 aliphatic heterocycles. The minimum atomic E-state index is 0.0864. The summed E-state index contributed by atoms with van der Waals surface area (Å²) >= 11 is 0. The van der Waals surface area contributed by atoms with Crippen LogP contribution in [-0.4, -0.2) is 22.1 Å². The quantitative estimate of drug-likeness (QED) is 0.822. The number of aromatic nitrogens is 1. The number of carbonyl (C=O) groups excluding carboxylic acids is 1. The van der Waals surface area contributed by atoms with Gasteiger partial charge in [0.25, 0.3) is 0 Å². The molecule has 0 aliphatic carbocycles. The van der Waals surface area contributed by atoms with E-state index in [1.54, 1.807) is 6.92 Å². The third-order valence-electron chi connectivity index (χ3n) is 2.97. The van der Waals surface area contributed by atoms with Crippen molar-refractivity contribution in [2.24, 2.45) is 0 Å². The third kappa shape index (κ3) is 2.24. The molecule has 90 valence electrons. The van der Waals surface area contributed by atoms with Crippen LogP contribution in [0.5, 0.6) is 0 Å². The summed E-state index contributed by atoms with van der Waals surface area (Å²) in [6.45, 7) is 4.52. The van der Waals surface area contributed by atoms with Crippen LogP contribution in [0.25, 0.3) is 10.9 Å². The maximum Gasteiger partial charge on any atom is 0.161 e. The Kier molecular flexibility index (Phi) is 3.29. The van der Waals surface area contributed by atoms with Gasteiger partial charge in [0.1, 0.15) is 0 Å². The molecule has 2 aromatic rings. The molecule has 0 saturated heterocycles. The van der Waals surface area contributed by atoms with Crippen molar-refractivity contribution < 1.29 is 9.90 Å². The Morgan fingerprint density at radius 2 is 2.18 bits per heavy atom. The number of hydrogen-bond donors (Lipinski definition) is 1. The highest BCUT2D eigenvalue weighted by molar-refractivity contribution is 6.07. The van der Waals surface area contributed by atoms with Crippen LogP contribution < -0.4 is 0 Å². The second-order valence-electron chi connectivity index (χ2n) is 4.39. The number of aliphatic hydroxyl groups is 1. The maximum absolute atomic E-state index is 11.6. The fourth-order valence-electron chi connectivity index (χ4n) is 2.12. The molecule has 0 fully saturated rings. The van der Waals surface area contributed by atoms with Gasteiger partial charge in [-0.1, -0.05) is 11.6 Å². The minimum Gasteiger partial charge on any atom is -0.396 e. The summed E-state index contributed by atoms with van der Waals surface area (Å²) in [6, 6.07) is 6.12. The number of ketones is 1. The molecule has 0 bridgehead atoms. The largest absolute Gasteiger partial charge is 0.396 e. The number of benzene rings is 1. The van der Waals surface area contributed by atoms with Crippen LogP contribution in [0, 0.1) is 6.92 Å². The van der Waals surface area contributed by atoms with Crippen molar-refractivity contribution in [1.82, 2.24) is 4.57 Å². The van der Waals surface area contributed by atoms with E-state index in [1.807, 2.05) is 35.9 Å². The van der Waals surface area contributed by atoms with Gasteiger partial charge in [-0.3, -0.25) is 4.79 Å². The Labute approximate surface area is 101 Å². The van der Waals surface area contributed by atoms with Gasteiger partial charge in [-0.25, -0.2) is 0 Å². The van der Waals surface area contributed by atoms with Crippen molar-refractivity contribution >= 4 is 16.7 Å². The topological polar surface area (TPSA) is 42.2 Å². The van der Waals surface area contributed by atoms with Crippen molar-refractivity contribution in [2.45, 2.75) is 26.8 Å². The molecule has 17 heavy (non-hydrogen) atoms. The van der Waals surface area contributed by atoms with Crippen LogP contribution in [-0.2, 0) is 6.54 Å². The molecule has 3 heteroatoms. The Morgan fingerprint density at radius 3 is 2.82 bits per heavy atom. The number of aliphatic hydroxyl groups excluding tert-OH is 1. The first-order valence-electron chi connectivity index (χ1n) is 5.85. The maximum atomic E-state index is 11.6. The number of fused-ring (bicyclic) bond motifs is 1. The molecule has 0 saturated carbocycles. The number of rotatable bonds is 4. The lowest BCUT2D eigenvalue weighted by Crippen LogP contribution is -1.98. The first-order valence-corrected chi connectivity index (χ1v) is 5.85. The van der Waals surface area contributed by atoms with Crippen molar-refractivity contribution in [3.05, 3.63) is 35.5 Å². The molecule has 0 atom stereocenters. The van der Waals surface area contributed by atoms with Gasteiger partial charge in [0.15, 0.2) is 5.78 Å². The fraction of sp³-hybridized carbons (Fsp3) is 0.357. The molecule has 1 N–H and O–H groups in total. The van der Waals surface area contributed by atoms with Gasteiger partial charge < -0.3 is 9.67 Å². The summed E-state index contributed by atoms with van der Waals surface area (Å²) in [7, 11) is 0. The number of nitrogens with zero attached hydrogens (tertiary/aromatic N) is 1. The molecule has 0 spiro atoms. The predicted octanol–water partition coefficient (Wildman–Crippen LogP) is 2.53. The van der Waals surface area contributed by atoms with Gasteiger partial charge in [0.05, 0.1) is 0 Å². The Balaban J connectivity index is 2.58. The van der Waals surface area contributed by atoms with Crippen molar-refractivity contribution in [3.8, 4) is 0 Å². The van der Waals surface area contributed by atoms with Crippen LogP contribution >= 0.6 is 0 Å². The zero-order valence-corrected chi connectivity index (χ0v) is 10.2. The van der Waals surface area contributed by atoms with Gasteiger partial charge in [-0.15, -0.1) is 0 Å². The lowest BCUT2D eigenvalue weighted by Gasteiger charge is -2.03. The smallest absolute Gasteiger partial charge is 0.161 e. The Hall–Kier alpha value is -1.61.